The molecule has 29 heavy (non-hydrogen) atoms. The SMILES string of the molecule is CC(C)Cc1noc(CN2CCN(S(=O)(=O)c3ccc4ccccc4c3)CC2)n1. The fourth-order valence-corrected chi connectivity index (χ4v) is 5.06. The molecule has 0 atom stereocenters. The van der Waals surface area contributed by atoms with Crippen molar-refractivity contribution in [3.8, 4) is 0 Å². The first-order valence-corrected chi connectivity index (χ1v) is 11.4. The third-order valence-electron chi connectivity index (χ3n) is 5.15. The quantitative estimate of drug-likeness (QED) is 0.617. The van der Waals surface area contributed by atoms with Crippen LogP contribution in [0.25, 0.3) is 10.8 Å². The molecule has 1 saturated heterocycles. The summed E-state index contributed by atoms with van der Waals surface area (Å²) in [5, 5.41) is 5.99. The molecule has 8 heteroatoms. The Balaban J connectivity index is 1.39. The van der Waals surface area contributed by atoms with Crippen molar-refractivity contribution in [3.63, 3.8) is 0 Å². The van der Waals surface area contributed by atoms with E-state index in [1.807, 2.05) is 30.3 Å². The Morgan fingerprint density at radius 1 is 1.03 bits per heavy atom. The van der Waals surface area contributed by atoms with Gasteiger partial charge in [-0.25, -0.2) is 8.42 Å². The number of nitrogens with zero attached hydrogens (tertiary/aromatic N) is 4. The molecule has 0 unspecified atom stereocenters. The van der Waals surface area contributed by atoms with Gasteiger partial charge in [0.1, 0.15) is 0 Å². The molecule has 1 aromatic heterocycles. The van der Waals surface area contributed by atoms with Crippen molar-refractivity contribution < 1.29 is 12.9 Å². The fourth-order valence-electron chi connectivity index (χ4n) is 3.60. The summed E-state index contributed by atoms with van der Waals surface area (Å²) in [7, 11) is -3.50. The molecule has 0 N–H and O–H groups in total. The Hall–Kier alpha value is -2.29. The molecule has 3 aromatic rings. The summed E-state index contributed by atoms with van der Waals surface area (Å²) < 4.78 is 33.0. The van der Waals surface area contributed by atoms with Crippen LogP contribution in [-0.2, 0) is 23.0 Å². The van der Waals surface area contributed by atoms with Gasteiger partial charge in [-0.15, -0.1) is 0 Å². The Morgan fingerprint density at radius 2 is 1.76 bits per heavy atom. The highest BCUT2D eigenvalue weighted by molar-refractivity contribution is 7.89. The van der Waals surface area contributed by atoms with E-state index < -0.39 is 10.0 Å². The highest BCUT2D eigenvalue weighted by Gasteiger charge is 2.29. The van der Waals surface area contributed by atoms with Gasteiger partial charge in [-0.1, -0.05) is 49.3 Å². The predicted molar refractivity (Wildman–Crippen MR) is 111 cm³/mol. The van der Waals surface area contributed by atoms with Crippen molar-refractivity contribution in [1.82, 2.24) is 19.3 Å². The Labute approximate surface area is 171 Å². The third kappa shape index (κ3) is 4.49. The minimum atomic E-state index is -3.50. The van der Waals surface area contributed by atoms with E-state index in [1.54, 1.807) is 16.4 Å². The van der Waals surface area contributed by atoms with E-state index in [1.165, 1.54) is 0 Å². The van der Waals surface area contributed by atoms with Gasteiger partial charge in [0.2, 0.25) is 15.9 Å². The lowest BCUT2D eigenvalue weighted by atomic mass is 10.1. The number of fused-ring (bicyclic) bond motifs is 1. The summed E-state index contributed by atoms with van der Waals surface area (Å²) >= 11 is 0. The van der Waals surface area contributed by atoms with Crippen LogP contribution in [0.4, 0.5) is 0 Å². The summed E-state index contributed by atoms with van der Waals surface area (Å²) in [4.78, 5) is 6.94. The molecule has 1 fully saturated rings. The predicted octanol–water partition coefficient (Wildman–Crippen LogP) is 2.93. The number of benzene rings is 2. The summed E-state index contributed by atoms with van der Waals surface area (Å²) in [5.41, 5.74) is 0. The maximum absolute atomic E-state index is 13.1. The van der Waals surface area contributed by atoms with Crippen LogP contribution in [0.5, 0.6) is 0 Å². The van der Waals surface area contributed by atoms with E-state index in [4.69, 9.17) is 4.52 Å². The lowest BCUT2D eigenvalue weighted by Gasteiger charge is -2.33. The first-order valence-electron chi connectivity index (χ1n) is 9.94. The van der Waals surface area contributed by atoms with Gasteiger partial charge in [0.05, 0.1) is 11.4 Å². The van der Waals surface area contributed by atoms with Gasteiger partial charge in [-0.3, -0.25) is 4.90 Å². The summed E-state index contributed by atoms with van der Waals surface area (Å²) in [6.45, 7) is 6.94. The van der Waals surface area contributed by atoms with Gasteiger partial charge in [0, 0.05) is 32.6 Å². The molecular weight excluding hydrogens is 388 g/mol. The molecular formula is C21H26N4O3S. The van der Waals surface area contributed by atoms with Crippen molar-refractivity contribution >= 4 is 20.8 Å². The molecule has 0 radical (unpaired) electrons. The lowest BCUT2D eigenvalue weighted by Crippen LogP contribution is -2.48. The molecule has 154 valence electrons. The lowest BCUT2D eigenvalue weighted by molar-refractivity contribution is 0.163. The van der Waals surface area contributed by atoms with Gasteiger partial charge < -0.3 is 4.52 Å². The van der Waals surface area contributed by atoms with Crippen LogP contribution in [0.15, 0.2) is 51.9 Å². The monoisotopic (exact) mass is 414 g/mol. The zero-order valence-electron chi connectivity index (χ0n) is 16.8. The van der Waals surface area contributed by atoms with Crippen molar-refractivity contribution in [3.05, 3.63) is 54.2 Å². The normalized spacial score (nSPS) is 16.7. The molecule has 7 nitrogen and oxygen atoms in total. The van der Waals surface area contributed by atoms with E-state index in [-0.39, 0.29) is 0 Å². The summed E-state index contributed by atoms with van der Waals surface area (Å²) in [6.07, 6.45) is 0.793. The average Bonchev–Trinajstić information content (AvgIpc) is 3.14. The number of hydrogen-bond donors (Lipinski definition) is 0. The average molecular weight is 415 g/mol. The maximum atomic E-state index is 13.1. The largest absolute Gasteiger partial charge is 0.338 e. The minimum Gasteiger partial charge on any atom is -0.338 e. The van der Waals surface area contributed by atoms with Gasteiger partial charge in [0.25, 0.3) is 0 Å². The molecule has 4 rings (SSSR count). The number of rotatable bonds is 6. The van der Waals surface area contributed by atoms with E-state index in [2.05, 4.69) is 28.9 Å². The molecule has 2 heterocycles. The molecule has 0 amide bonds. The molecule has 0 aliphatic carbocycles. The van der Waals surface area contributed by atoms with E-state index in [0.717, 1.165) is 23.0 Å². The van der Waals surface area contributed by atoms with Crippen LogP contribution in [-0.4, -0.2) is 53.9 Å². The standard InChI is InChI=1S/C21H26N4O3S/c1-16(2)13-20-22-21(28-23-20)15-24-9-11-25(12-10-24)29(26,27)19-8-7-17-5-3-4-6-18(17)14-19/h3-8,14,16H,9-13,15H2,1-2H3. The fraction of sp³-hybridized carbons (Fsp3) is 0.429. The molecule has 1 aliphatic rings. The highest BCUT2D eigenvalue weighted by Crippen LogP contribution is 2.23. The maximum Gasteiger partial charge on any atom is 0.243 e. The van der Waals surface area contributed by atoms with E-state index in [0.29, 0.717) is 49.4 Å². The number of sulfonamides is 1. The third-order valence-corrected chi connectivity index (χ3v) is 7.04. The molecule has 0 saturated carbocycles. The van der Waals surface area contributed by atoms with Crippen LogP contribution in [0, 0.1) is 5.92 Å². The van der Waals surface area contributed by atoms with Crippen LogP contribution in [0.1, 0.15) is 25.6 Å². The van der Waals surface area contributed by atoms with Crippen molar-refractivity contribution in [1.29, 1.82) is 0 Å². The molecule has 1 aliphatic heterocycles. The number of aromatic nitrogens is 2. The van der Waals surface area contributed by atoms with Crippen LogP contribution < -0.4 is 0 Å². The highest BCUT2D eigenvalue weighted by atomic mass is 32.2. The van der Waals surface area contributed by atoms with Gasteiger partial charge >= 0.3 is 0 Å². The molecule has 0 bridgehead atoms. The van der Waals surface area contributed by atoms with Gasteiger partial charge in [-0.05, 0) is 28.8 Å². The van der Waals surface area contributed by atoms with Crippen LogP contribution >= 0.6 is 0 Å². The van der Waals surface area contributed by atoms with Crippen molar-refractivity contribution in [2.24, 2.45) is 5.92 Å². The Bertz CT molecular complexity index is 1090. The second-order valence-electron chi connectivity index (χ2n) is 7.89. The Morgan fingerprint density at radius 3 is 2.48 bits per heavy atom. The van der Waals surface area contributed by atoms with Crippen LogP contribution in [0.2, 0.25) is 0 Å². The second-order valence-corrected chi connectivity index (χ2v) is 9.83. The molecule has 2 aromatic carbocycles. The Kier molecular flexibility index (Phi) is 5.67. The zero-order chi connectivity index (χ0) is 20.4. The van der Waals surface area contributed by atoms with Gasteiger partial charge in [0.15, 0.2) is 5.82 Å². The van der Waals surface area contributed by atoms with Crippen molar-refractivity contribution in [2.75, 3.05) is 26.2 Å². The first-order chi connectivity index (χ1) is 13.9. The first kappa shape index (κ1) is 20.0. The minimum absolute atomic E-state index is 0.347. The van der Waals surface area contributed by atoms with Crippen molar-refractivity contribution in [2.45, 2.75) is 31.7 Å². The number of hydrogen-bond acceptors (Lipinski definition) is 6. The number of piperazine rings is 1. The zero-order valence-corrected chi connectivity index (χ0v) is 17.6. The smallest absolute Gasteiger partial charge is 0.243 e. The summed E-state index contributed by atoms with van der Waals surface area (Å²) in [6, 6.07) is 13.1. The van der Waals surface area contributed by atoms with Crippen LogP contribution in [0.3, 0.4) is 0 Å². The van der Waals surface area contributed by atoms with E-state index in [9.17, 15) is 8.42 Å². The second kappa shape index (κ2) is 8.22. The van der Waals surface area contributed by atoms with E-state index >= 15 is 0 Å². The summed E-state index contributed by atoms with van der Waals surface area (Å²) in [5.74, 6) is 1.79. The molecule has 0 spiro atoms. The van der Waals surface area contributed by atoms with Gasteiger partial charge in [-0.2, -0.15) is 9.29 Å². The topological polar surface area (TPSA) is 79.5 Å².